The van der Waals surface area contributed by atoms with Crippen LogP contribution in [0.4, 0.5) is 4.39 Å². The second-order valence-electron chi connectivity index (χ2n) is 4.32. The fourth-order valence-corrected chi connectivity index (χ4v) is 4.01. The summed E-state index contributed by atoms with van der Waals surface area (Å²) in [5.41, 5.74) is -0.0622. The highest BCUT2D eigenvalue weighted by molar-refractivity contribution is 7.91. The van der Waals surface area contributed by atoms with Crippen LogP contribution < -0.4 is 5.32 Å². The number of carbonyl (C=O) groups is 1. The molecule has 1 amide bonds. The highest BCUT2D eigenvalue weighted by Gasteiger charge is 2.29. The average Bonchev–Trinajstić information content (AvgIpc) is 2.63. The summed E-state index contributed by atoms with van der Waals surface area (Å²) in [7, 11) is -3.09. The Morgan fingerprint density at radius 1 is 1.32 bits per heavy atom. The molecule has 1 N–H and O–H groups in total. The molecule has 0 radical (unpaired) electrons. The minimum atomic E-state index is -3.09. The number of sulfone groups is 1. The van der Waals surface area contributed by atoms with Gasteiger partial charge in [-0.05, 0) is 18.6 Å². The van der Waals surface area contributed by atoms with Crippen molar-refractivity contribution in [2.45, 2.75) is 12.5 Å². The summed E-state index contributed by atoms with van der Waals surface area (Å²) in [6, 6.07) is 1.61. The lowest BCUT2D eigenvalue weighted by Crippen LogP contribution is -2.35. The Kier molecular flexibility index (Phi) is 4.03. The van der Waals surface area contributed by atoms with Gasteiger partial charge in [-0.2, -0.15) is 0 Å². The topological polar surface area (TPSA) is 63.2 Å². The SMILES string of the molecule is O=C(NC1CCS(=O)(=O)C1)c1cc(F)c(Cl)cc1Cl. The molecule has 1 aromatic carbocycles. The van der Waals surface area contributed by atoms with Crippen LogP contribution in [0.15, 0.2) is 12.1 Å². The molecule has 0 aromatic heterocycles. The van der Waals surface area contributed by atoms with Crippen molar-refractivity contribution in [2.75, 3.05) is 11.5 Å². The van der Waals surface area contributed by atoms with Crippen molar-refractivity contribution < 1.29 is 17.6 Å². The first kappa shape index (κ1) is 14.6. The van der Waals surface area contributed by atoms with E-state index in [1.165, 1.54) is 0 Å². The van der Waals surface area contributed by atoms with Gasteiger partial charge in [0, 0.05) is 6.04 Å². The van der Waals surface area contributed by atoms with Crippen LogP contribution in [-0.2, 0) is 9.84 Å². The molecule has 8 heteroatoms. The van der Waals surface area contributed by atoms with E-state index in [1.54, 1.807) is 0 Å². The van der Waals surface area contributed by atoms with Gasteiger partial charge in [0.1, 0.15) is 5.82 Å². The molecule has 0 spiro atoms. The maximum atomic E-state index is 13.3. The van der Waals surface area contributed by atoms with Crippen molar-refractivity contribution in [1.29, 1.82) is 0 Å². The first-order valence-corrected chi connectivity index (χ1v) is 8.02. The van der Waals surface area contributed by atoms with Crippen LogP contribution in [0.5, 0.6) is 0 Å². The molecule has 2 rings (SSSR count). The molecular formula is C11H10Cl2FNO3S. The summed E-state index contributed by atoms with van der Waals surface area (Å²) in [6.45, 7) is 0. The number of amides is 1. The number of carbonyl (C=O) groups excluding carboxylic acids is 1. The fourth-order valence-electron chi connectivity index (χ4n) is 1.87. The third kappa shape index (κ3) is 3.38. The van der Waals surface area contributed by atoms with E-state index in [0.29, 0.717) is 6.42 Å². The molecule has 1 aromatic rings. The molecule has 1 aliphatic rings. The average molecular weight is 326 g/mol. The Balaban J connectivity index is 2.15. The van der Waals surface area contributed by atoms with E-state index in [0.717, 1.165) is 12.1 Å². The molecule has 1 unspecified atom stereocenters. The van der Waals surface area contributed by atoms with E-state index in [9.17, 15) is 17.6 Å². The van der Waals surface area contributed by atoms with Gasteiger partial charge in [0.25, 0.3) is 5.91 Å². The van der Waals surface area contributed by atoms with Crippen molar-refractivity contribution in [1.82, 2.24) is 5.32 Å². The van der Waals surface area contributed by atoms with Crippen molar-refractivity contribution in [2.24, 2.45) is 0 Å². The van der Waals surface area contributed by atoms with Gasteiger partial charge in [0.05, 0.1) is 27.1 Å². The lowest BCUT2D eigenvalue weighted by Gasteiger charge is -2.12. The summed E-state index contributed by atoms with van der Waals surface area (Å²) in [6.07, 6.45) is 0.349. The Labute approximate surface area is 119 Å². The minimum absolute atomic E-state index is 0.0183. The highest BCUT2D eigenvalue weighted by Crippen LogP contribution is 2.24. The predicted molar refractivity (Wildman–Crippen MR) is 70.9 cm³/mol. The summed E-state index contributed by atoms with van der Waals surface area (Å²) in [5, 5.41) is 2.37. The van der Waals surface area contributed by atoms with Crippen LogP contribution >= 0.6 is 23.2 Å². The van der Waals surface area contributed by atoms with Gasteiger partial charge in [-0.15, -0.1) is 0 Å². The van der Waals surface area contributed by atoms with E-state index in [2.05, 4.69) is 5.32 Å². The first-order chi connectivity index (χ1) is 8.78. The molecule has 0 bridgehead atoms. The van der Waals surface area contributed by atoms with E-state index >= 15 is 0 Å². The van der Waals surface area contributed by atoms with Crippen molar-refractivity contribution in [3.8, 4) is 0 Å². The molecule has 0 saturated carbocycles. The smallest absolute Gasteiger partial charge is 0.253 e. The van der Waals surface area contributed by atoms with Crippen LogP contribution in [0.1, 0.15) is 16.8 Å². The molecule has 1 heterocycles. The molecule has 1 aliphatic heterocycles. The van der Waals surface area contributed by atoms with Gasteiger partial charge < -0.3 is 5.32 Å². The number of hydrogen-bond donors (Lipinski definition) is 1. The van der Waals surface area contributed by atoms with Crippen LogP contribution in [0.25, 0.3) is 0 Å². The van der Waals surface area contributed by atoms with Crippen LogP contribution in [0, 0.1) is 5.82 Å². The van der Waals surface area contributed by atoms with Crippen molar-refractivity contribution >= 4 is 38.9 Å². The number of halogens is 3. The van der Waals surface area contributed by atoms with Gasteiger partial charge in [0.2, 0.25) is 0 Å². The molecule has 1 atom stereocenters. The van der Waals surface area contributed by atoms with Crippen LogP contribution in [0.2, 0.25) is 10.0 Å². The fraction of sp³-hybridized carbons (Fsp3) is 0.364. The summed E-state index contributed by atoms with van der Waals surface area (Å²) in [5.74, 6) is -1.43. The lowest BCUT2D eigenvalue weighted by molar-refractivity contribution is 0.0941. The third-order valence-electron chi connectivity index (χ3n) is 2.82. The van der Waals surface area contributed by atoms with E-state index in [-0.39, 0.29) is 27.1 Å². The first-order valence-electron chi connectivity index (χ1n) is 5.44. The number of hydrogen-bond acceptors (Lipinski definition) is 3. The van der Waals surface area contributed by atoms with E-state index < -0.39 is 27.6 Å². The van der Waals surface area contributed by atoms with E-state index in [4.69, 9.17) is 23.2 Å². The molecule has 104 valence electrons. The molecule has 0 aliphatic carbocycles. The van der Waals surface area contributed by atoms with Gasteiger partial charge >= 0.3 is 0 Å². The maximum absolute atomic E-state index is 13.3. The van der Waals surface area contributed by atoms with Crippen molar-refractivity contribution in [3.63, 3.8) is 0 Å². The Morgan fingerprint density at radius 3 is 2.58 bits per heavy atom. The largest absolute Gasteiger partial charge is 0.348 e. The molecule has 4 nitrogen and oxygen atoms in total. The summed E-state index contributed by atoms with van der Waals surface area (Å²) in [4.78, 5) is 11.9. The van der Waals surface area contributed by atoms with Gasteiger partial charge in [-0.1, -0.05) is 23.2 Å². The Bertz CT molecular complexity index is 633. The second-order valence-corrected chi connectivity index (χ2v) is 7.36. The highest BCUT2D eigenvalue weighted by atomic mass is 35.5. The van der Waals surface area contributed by atoms with Gasteiger partial charge in [-0.25, -0.2) is 12.8 Å². The maximum Gasteiger partial charge on any atom is 0.253 e. The monoisotopic (exact) mass is 325 g/mol. The number of rotatable bonds is 2. The lowest BCUT2D eigenvalue weighted by atomic mass is 10.2. The number of nitrogens with one attached hydrogen (secondary N) is 1. The third-order valence-corrected chi connectivity index (χ3v) is 5.19. The summed E-state index contributed by atoms with van der Waals surface area (Å²) >= 11 is 11.3. The number of benzene rings is 1. The molecule has 1 fully saturated rings. The standard InChI is InChI=1S/C11H10Cl2FNO3S/c12-8-4-9(13)10(14)3-7(8)11(16)15-6-1-2-19(17,18)5-6/h3-4,6H,1-2,5H2,(H,15,16). The minimum Gasteiger partial charge on any atom is -0.348 e. The summed E-state index contributed by atoms with van der Waals surface area (Å²) < 4.78 is 35.8. The van der Waals surface area contributed by atoms with Crippen molar-refractivity contribution in [3.05, 3.63) is 33.6 Å². The van der Waals surface area contributed by atoms with Crippen LogP contribution in [0.3, 0.4) is 0 Å². The zero-order valence-electron chi connectivity index (χ0n) is 9.62. The zero-order chi connectivity index (χ0) is 14.2. The van der Waals surface area contributed by atoms with E-state index in [1.807, 2.05) is 0 Å². The van der Waals surface area contributed by atoms with Gasteiger partial charge in [-0.3, -0.25) is 4.79 Å². The molecule has 19 heavy (non-hydrogen) atoms. The normalized spacial score (nSPS) is 21.3. The molecule has 1 saturated heterocycles. The Morgan fingerprint density at radius 2 is 2.00 bits per heavy atom. The zero-order valence-corrected chi connectivity index (χ0v) is 11.9. The Hall–Kier alpha value is -0.850. The van der Waals surface area contributed by atoms with Crippen LogP contribution in [-0.4, -0.2) is 31.9 Å². The molecular weight excluding hydrogens is 316 g/mol. The predicted octanol–water partition coefficient (Wildman–Crippen LogP) is 2.05. The van der Waals surface area contributed by atoms with Gasteiger partial charge in [0.15, 0.2) is 9.84 Å². The second kappa shape index (κ2) is 5.26. The quantitative estimate of drug-likeness (QED) is 0.846.